The van der Waals surface area contributed by atoms with Gasteiger partial charge in [-0.3, -0.25) is 0 Å². The molecule has 1 unspecified atom stereocenters. The number of ether oxygens (including phenoxy) is 3. The molecule has 0 aliphatic carbocycles. The molecule has 31 heavy (non-hydrogen) atoms. The van der Waals surface area contributed by atoms with Gasteiger partial charge in [-0.2, -0.15) is 0 Å². The van der Waals surface area contributed by atoms with Crippen LogP contribution in [0.2, 0.25) is 0 Å². The van der Waals surface area contributed by atoms with Gasteiger partial charge in [0.1, 0.15) is 12.4 Å². The van der Waals surface area contributed by atoms with Crippen LogP contribution in [0.5, 0.6) is 17.2 Å². The molecule has 1 aliphatic heterocycles. The Bertz CT molecular complexity index is 1050. The average molecular weight is 418 g/mol. The fourth-order valence-electron chi connectivity index (χ4n) is 4.17. The van der Waals surface area contributed by atoms with Gasteiger partial charge in [0.05, 0.1) is 19.8 Å². The summed E-state index contributed by atoms with van der Waals surface area (Å²) in [6.07, 6.45) is 0.954. The van der Waals surface area contributed by atoms with Crippen LogP contribution in [0.1, 0.15) is 46.3 Å². The summed E-state index contributed by atoms with van der Waals surface area (Å²) in [4.78, 5) is 0. The monoisotopic (exact) mass is 417 g/mol. The molecule has 1 N–H and O–H groups in total. The quantitative estimate of drug-likeness (QED) is 0.549. The summed E-state index contributed by atoms with van der Waals surface area (Å²) in [7, 11) is 1.70. The highest BCUT2D eigenvalue weighted by Crippen LogP contribution is 2.40. The average Bonchev–Trinajstić information content (AvgIpc) is 2.80. The summed E-state index contributed by atoms with van der Waals surface area (Å²) in [5.41, 5.74) is 7.31. The van der Waals surface area contributed by atoms with Gasteiger partial charge in [0.15, 0.2) is 11.5 Å². The smallest absolute Gasteiger partial charge is 0.162 e. The lowest BCUT2D eigenvalue weighted by Crippen LogP contribution is -2.31. The van der Waals surface area contributed by atoms with Crippen molar-refractivity contribution >= 4 is 0 Å². The third kappa shape index (κ3) is 4.54. The zero-order chi connectivity index (χ0) is 21.8. The van der Waals surface area contributed by atoms with E-state index < -0.39 is 0 Å². The van der Waals surface area contributed by atoms with Crippen LogP contribution in [0, 0.1) is 13.8 Å². The number of hydrogen-bond donors (Lipinski definition) is 1. The van der Waals surface area contributed by atoms with E-state index in [0.29, 0.717) is 13.2 Å². The Morgan fingerprint density at radius 1 is 0.871 bits per heavy atom. The van der Waals surface area contributed by atoms with E-state index in [4.69, 9.17) is 14.2 Å². The number of aryl methyl sites for hydroxylation is 2. The van der Waals surface area contributed by atoms with Gasteiger partial charge >= 0.3 is 0 Å². The second-order valence-corrected chi connectivity index (χ2v) is 8.02. The number of rotatable bonds is 7. The van der Waals surface area contributed by atoms with Crippen LogP contribution < -0.4 is 19.5 Å². The molecular weight excluding hydrogens is 386 g/mol. The SMILES string of the molecule is CCOc1cc(C)c(C)cc1C1NCCc2cc(OC)c(OCc3ccccc3)cc21. The molecule has 4 rings (SSSR count). The maximum atomic E-state index is 6.20. The summed E-state index contributed by atoms with van der Waals surface area (Å²) in [6, 6.07) is 18.9. The predicted molar refractivity (Wildman–Crippen MR) is 124 cm³/mol. The van der Waals surface area contributed by atoms with Crippen molar-refractivity contribution in [2.24, 2.45) is 0 Å². The van der Waals surface area contributed by atoms with E-state index in [1.165, 1.54) is 27.8 Å². The maximum Gasteiger partial charge on any atom is 0.162 e. The van der Waals surface area contributed by atoms with Crippen LogP contribution in [0.4, 0.5) is 0 Å². The topological polar surface area (TPSA) is 39.7 Å². The summed E-state index contributed by atoms with van der Waals surface area (Å²) in [6.45, 7) is 8.36. The van der Waals surface area contributed by atoms with Crippen molar-refractivity contribution in [2.45, 2.75) is 39.8 Å². The number of benzene rings is 3. The second kappa shape index (κ2) is 9.44. The van der Waals surface area contributed by atoms with E-state index in [-0.39, 0.29) is 6.04 Å². The lowest BCUT2D eigenvalue weighted by Gasteiger charge is -2.30. The molecule has 4 nitrogen and oxygen atoms in total. The van der Waals surface area contributed by atoms with Gasteiger partial charge in [0.25, 0.3) is 0 Å². The zero-order valence-corrected chi connectivity index (χ0v) is 18.8. The van der Waals surface area contributed by atoms with E-state index in [2.05, 4.69) is 55.6 Å². The summed E-state index contributed by atoms with van der Waals surface area (Å²) in [5.74, 6) is 2.49. The lowest BCUT2D eigenvalue weighted by atomic mass is 9.87. The molecule has 1 heterocycles. The highest BCUT2D eigenvalue weighted by molar-refractivity contribution is 5.54. The molecule has 162 valence electrons. The van der Waals surface area contributed by atoms with Crippen molar-refractivity contribution < 1.29 is 14.2 Å². The Morgan fingerprint density at radius 3 is 2.39 bits per heavy atom. The summed E-state index contributed by atoms with van der Waals surface area (Å²) in [5, 5.41) is 3.70. The highest BCUT2D eigenvalue weighted by Gasteiger charge is 2.27. The van der Waals surface area contributed by atoms with Crippen molar-refractivity contribution in [3.63, 3.8) is 0 Å². The van der Waals surface area contributed by atoms with Gasteiger partial charge < -0.3 is 19.5 Å². The van der Waals surface area contributed by atoms with E-state index in [1.54, 1.807) is 7.11 Å². The molecule has 1 atom stereocenters. The van der Waals surface area contributed by atoms with E-state index in [1.807, 2.05) is 25.1 Å². The minimum Gasteiger partial charge on any atom is -0.494 e. The molecule has 0 saturated carbocycles. The molecule has 0 spiro atoms. The van der Waals surface area contributed by atoms with Crippen molar-refractivity contribution in [1.82, 2.24) is 5.32 Å². The van der Waals surface area contributed by atoms with Gasteiger partial charge in [-0.25, -0.2) is 0 Å². The molecule has 0 aromatic heterocycles. The van der Waals surface area contributed by atoms with Crippen LogP contribution in [0.3, 0.4) is 0 Å². The van der Waals surface area contributed by atoms with Gasteiger partial charge in [-0.1, -0.05) is 36.4 Å². The molecule has 0 bridgehead atoms. The Balaban J connectivity index is 1.73. The largest absolute Gasteiger partial charge is 0.494 e. The molecule has 1 aliphatic rings. The molecule has 0 radical (unpaired) electrons. The minimum atomic E-state index is 0.0505. The number of fused-ring (bicyclic) bond motifs is 1. The first-order valence-electron chi connectivity index (χ1n) is 11.0. The van der Waals surface area contributed by atoms with Crippen molar-refractivity contribution in [2.75, 3.05) is 20.3 Å². The van der Waals surface area contributed by atoms with Gasteiger partial charge in [0.2, 0.25) is 0 Å². The van der Waals surface area contributed by atoms with Crippen LogP contribution >= 0.6 is 0 Å². The summed E-state index contributed by atoms with van der Waals surface area (Å²) < 4.78 is 17.9. The first kappa shape index (κ1) is 21.3. The molecule has 3 aromatic rings. The Kier molecular flexibility index (Phi) is 6.47. The van der Waals surface area contributed by atoms with Gasteiger partial charge in [-0.15, -0.1) is 0 Å². The summed E-state index contributed by atoms with van der Waals surface area (Å²) >= 11 is 0. The Morgan fingerprint density at radius 2 is 1.65 bits per heavy atom. The standard InChI is InChI=1S/C27H31NO3/c1-5-30-24-14-19(3)18(2)13-23(24)27-22-16-26(31-17-20-9-7-6-8-10-20)25(29-4)15-21(22)11-12-28-27/h6-10,13-16,27-28H,5,11-12,17H2,1-4H3. The van der Waals surface area contributed by atoms with Gasteiger partial charge in [-0.05, 0) is 73.2 Å². The second-order valence-electron chi connectivity index (χ2n) is 8.02. The van der Waals surface area contributed by atoms with Crippen LogP contribution in [-0.2, 0) is 13.0 Å². The molecule has 0 fully saturated rings. The van der Waals surface area contributed by atoms with Crippen molar-refractivity contribution in [1.29, 1.82) is 0 Å². The van der Waals surface area contributed by atoms with E-state index in [0.717, 1.165) is 35.8 Å². The number of methoxy groups -OCH3 is 1. The highest BCUT2D eigenvalue weighted by atomic mass is 16.5. The third-order valence-electron chi connectivity index (χ3n) is 5.95. The molecule has 0 amide bonds. The lowest BCUT2D eigenvalue weighted by molar-refractivity contribution is 0.283. The first-order chi connectivity index (χ1) is 15.1. The predicted octanol–water partition coefficient (Wildman–Crippen LogP) is 5.52. The van der Waals surface area contributed by atoms with E-state index >= 15 is 0 Å². The normalized spacial score (nSPS) is 15.3. The Labute approximate surface area is 185 Å². The molecule has 0 saturated heterocycles. The van der Waals surface area contributed by atoms with Gasteiger partial charge in [0, 0.05) is 12.1 Å². The third-order valence-corrected chi connectivity index (χ3v) is 5.95. The zero-order valence-electron chi connectivity index (χ0n) is 18.8. The molecular formula is C27H31NO3. The fourth-order valence-corrected chi connectivity index (χ4v) is 4.17. The maximum absolute atomic E-state index is 6.20. The van der Waals surface area contributed by atoms with Crippen molar-refractivity contribution in [3.8, 4) is 17.2 Å². The number of nitrogens with one attached hydrogen (secondary N) is 1. The van der Waals surface area contributed by atoms with Crippen LogP contribution in [-0.4, -0.2) is 20.3 Å². The molecule has 4 heteroatoms. The first-order valence-corrected chi connectivity index (χ1v) is 11.0. The van der Waals surface area contributed by atoms with Crippen LogP contribution in [0.25, 0.3) is 0 Å². The van der Waals surface area contributed by atoms with E-state index in [9.17, 15) is 0 Å². The number of hydrogen-bond acceptors (Lipinski definition) is 4. The fraction of sp³-hybridized carbons (Fsp3) is 0.333. The molecule has 3 aromatic carbocycles. The Hall–Kier alpha value is -2.98. The van der Waals surface area contributed by atoms with Crippen molar-refractivity contribution in [3.05, 3.63) is 88.0 Å². The van der Waals surface area contributed by atoms with Crippen LogP contribution in [0.15, 0.2) is 54.6 Å². The minimum absolute atomic E-state index is 0.0505.